The first kappa shape index (κ1) is 19.8. The van der Waals surface area contributed by atoms with Gasteiger partial charge in [0, 0.05) is 18.5 Å². The molecule has 3 aromatic rings. The summed E-state index contributed by atoms with van der Waals surface area (Å²) in [5.41, 5.74) is 3.44. The molecule has 28 heavy (non-hydrogen) atoms. The number of benzene rings is 1. The molecule has 0 radical (unpaired) electrons. The summed E-state index contributed by atoms with van der Waals surface area (Å²) in [4.78, 5) is 19.9. The van der Waals surface area contributed by atoms with E-state index in [4.69, 9.17) is 0 Å². The Hall–Kier alpha value is -2.93. The molecule has 0 aliphatic carbocycles. The highest BCUT2D eigenvalue weighted by Gasteiger charge is 2.18. The number of anilines is 1. The van der Waals surface area contributed by atoms with Gasteiger partial charge in [-0.3, -0.25) is 4.79 Å². The number of aromatic nitrogens is 2. The Labute approximate surface area is 166 Å². The van der Waals surface area contributed by atoms with Crippen molar-refractivity contribution in [3.8, 4) is 11.1 Å². The van der Waals surface area contributed by atoms with Gasteiger partial charge in [-0.15, -0.1) is 0 Å². The number of nitrogens with zero attached hydrogens (tertiary/aromatic N) is 3. The van der Waals surface area contributed by atoms with Crippen molar-refractivity contribution < 1.29 is 9.00 Å². The first-order valence-corrected chi connectivity index (χ1v) is 9.94. The minimum Gasteiger partial charge on any atom is -0.311 e. The molecule has 2 heterocycles. The maximum atomic E-state index is 12.1. The third kappa shape index (κ3) is 4.86. The summed E-state index contributed by atoms with van der Waals surface area (Å²) in [7, 11) is -1.31. The largest absolute Gasteiger partial charge is 0.311 e. The minimum atomic E-state index is -1.31. The van der Waals surface area contributed by atoms with Crippen molar-refractivity contribution in [2.24, 2.45) is 4.40 Å². The van der Waals surface area contributed by atoms with E-state index in [1.807, 2.05) is 63.2 Å². The first-order valence-electron chi connectivity index (χ1n) is 8.83. The number of rotatable bonds is 4. The van der Waals surface area contributed by atoms with Crippen LogP contribution in [0.2, 0.25) is 0 Å². The molecule has 1 amide bonds. The van der Waals surface area contributed by atoms with E-state index in [2.05, 4.69) is 19.7 Å². The molecular weight excluding hydrogens is 372 g/mol. The molecule has 1 unspecified atom stereocenters. The van der Waals surface area contributed by atoms with E-state index >= 15 is 0 Å². The molecule has 0 saturated heterocycles. The maximum absolute atomic E-state index is 12.1. The third-order valence-electron chi connectivity index (χ3n) is 3.91. The zero-order chi connectivity index (χ0) is 20.3. The van der Waals surface area contributed by atoms with Gasteiger partial charge in [-0.2, -0.15) is 4.40 Å². The molecule has 0 aliphatic rings. The Morgan fingerprint density at radius 1 is 1.11 bits per heavy atom. The molecule has 1 N–H and O–H groups in total. The quantitative estimate of drug-likeness (QED) is 0.674. The average molecular weight is 395 g/mol. The summed E-state index contributed by atoms with van der Waals surface area (Å²) < 4.78 is 15.8. The van der Waals surface area contributed by atoms with E-state index in [1.165, 1.54) is 6.92 Å². The summed E-state index contributed by atoms with van der Waals surface area (Å²) in [6.45, 7) is 7.10. The highest BCUT2D eigenvalue weighted by molar-refractivity contribution is 7.85. The molecule has 0 saturated carbocycles. The molecule has 0 aliphatic heterocycles. The number of amides is 1. The predicted molar refractivity (Wildman–Crippen MR) is 115 cm³/mol. The van der Waals surface area contributed by atoms with E-state index in [1.54, 1.807) is 12.4 Å². The van der Waals surface area contributed by atoms with Gasteiger partial charge in [0.05, 0.1) is 22.2 Å². The van der Waals surface area contributed by atoms with E-state index in [0.717, 1.165) is 22.0 Å². The molecule has 0 fully saturated rings. The SMILES string of the molecule is CC(=O)Nc1cc(-c2ccc3nc(/C=N/S(=O)C(C)(C)C)ccc3c2)ccn1. The summed E-state index contributed by atoms with van der Waals surface area (Å²) in [5.74, 6) is 0.357. The van der Waals surface area contributed by atoms with Gasteiger partial charge in [0.1, 0.15) is 16.8 Å². The Kier molecular flexibility index (Phi) is 5.65. The summed E-state index contributed by atoms with van der Waals surface area (Å²) in [6, 6.07) is 13.5. The second-order valence-electron chi connectivity index (χ2n) is 7.35. The molecule has 3 rings (SSSR count). The average Bonchev–Trinajstić information content (AvgIpc) is 2.64. The molecule has 1 atom stereocenters. The van der Waals surface area contributed by atoms with Crippen LogP contribution in [0.4, 0.5) is 5.82 Å². The van der Waals surface area contributed by atoms with Gasteiger partial charge in [0.2, 0.25) is 5.91 Å². The zero-order valence-electron chi connectivity index (χ0n) is 16.3. The topological polar surface area (TPSA) is 84.3 Å². The van der Waals surface area contributed by atoms with Crippen molar-refractivity contribution >= 4 is 39.8 Å². The predicted octanol–water partition coefficient (Wildman–Crippen LogP) is 4.14. The third-order valence-corrected chi connectivity index (χ3v) is 5.26. The van der Waals surface area contributed by atoms with Crippen LogP contribution >= 0.6 is 0 Å². The summed E-state index contributed by atoms with van der Waals surface area (Å²) >= 11 is 0. The molecule has 0 bridgehead atoms. The van der Waals surface area contributed by atoms with Crippen molar-refractivity contribution in [1.82, 2.24) is 9.97 Å². The lowest BCUT2D eigenvalue weighted by atomic mass is 10.0. The number of carbonyl (C=O) groups excluding carboxylic acids is 1. The molecule has 1 aromatic carbocycles. The van der Waals surface area contributed by atoms with Crippen LogP contribution in [0.15, 0.2) is 53.1 Å². The van der Waals surface area contributed by atoms with Gasteiger partial charge in [-0.25, -0.2) is 14.2 Å². The van der Waals surface area contributed by atoms with Crippen LogP contribution in [0.3, 0.4) is 0 Å². The number of hydrogen-bond acceptors (Lipinski definition) is 4. The second-order valence-corrected chi connectivity index (χ2v) is 9.28. The Balaban J connectivity index is 1.88. The van der Waals surface area contributed by atoms with Crippen LogP contribution in [-0.2, 0) is 15.8 Å². The van der Waals surface area contributed by atoms with Gasteiger partial charge in [-0.05, 0) is 62.2 Å². The van der Waals surface area contributed by atoms with Crippen molar-refractivity contribution in [2.75, 3.05) is 5.32 Å². The van der Waals surface area contributed by atoms with Crippen molar-refractivity contribution in [2.45, 2.75) is 32.4 Å². The molecule has 0 spiro atoms. The van der Waals surface area contributed by atoms with Crippen LogP contribution in [0.25, 0.3) is 22.0 Å². The van der Waals surface area contributed by atoms with Crippen molar-refractivity contribution in [3.05, 3.63) is 54.4 Å². The number of hydrogen-bond donors (Lipinski definition) is 1. The van der Waals surface area contributed by atoms with Crippen LogP contribution in [0.5, 0.6) is 0 Å². The molecule has 7 heteroatoms. The van der Waals surface area contributed by atoms with Gasteiger partial charge in [-0.1, -0.05) is 12.1 Å². The Morgan fingerprint density at radius 2 is 1.86 bits per heavy atom. The van der Waals surface area contributed by atoms with Crippen LogP contribution in [0, 0.1) is 0 Å². The number of carbonyl (C=O) groups is 1. The van der Waals surface area contributed by atoms with Crippen LogP contribution in [0.1, 0.15) is 33.4 Å². The lowest BCUT2D eigenvalue weighted by molar-refractivity contribution is -0.114. The smallest absolute Gasteiger partial charge is 0.222 e. The van der Waals surface area contributed by atoms with E-state index in [9.17, 15) is 9.00 Å². The van der Waals surface area contributed by atoms with Gasteiger partial charge < -0.3 is 5.32 Å². The first-order chi connectivity index (χ1) is 13.2. The monoisotopic (exact) mass is 394 g/mol. The van der Waals surface area contributed by atoms with Gasteiger partial charge >= 0.3 is 0 Å². The lowest BCUT2D eigenvalue weighted by Gasteiger charge is -2.12. The Morgan fingerprint density at radius 3 is 2.57 bits per heavy atom. The zero-order valence-corrected chi connectivity index (χ0v) is 17.1. The normalized spacial score (nSPS) is 13.0. The summed E-state index contributed by atoms with van der Waals surface area (Å²) in [6.07, 6.45) is 3.22. The summed E-state index contributed by atoms with van der Waals surface area (Å²) in [5, 5.41) is 3.67. The molecular formula is C21H22N4O2S. The fraction of sp³-hybridized carbons (Fsp3) is 0.238. The Bertz CT molecular complexity index is 1090. The fourth-order valence-corrected chi connectivity index (χ4v) is 3.03. The van der Waals surface area contributed by atoms with Crippen LogP contribution in [-0.4, -0.2) is 31.0 Å². The molecule has 6 nitrogen and oxygen atoms in total. The molecule has 144 valence electrons. The van der Waals surface area contributed by atoms with Crippen molar-refractivity contribution in [3.63, 3.8) is 0 Å². The maximum Gasteiger partial charge on any atom is 0.222 e. The second kappa shape index (κ2) is 7.98. The molecule has 2 aromatic heterocycles. The van der Waals surface area contributed by atoms with E-state index < -0.39 is 15.7 Å². The lowest BCUT2D eigenvalue weighted by Crippen LogP contribution is -2.19. The van der Waals surface area contributed by atoms with E-state index in [0.29, 0.717) is 11.5 Å². The number of nitrogens with one attached hydrogen (secondary N) is 1. The van der Waals surface area contributed by atoms with Crippen LogP contribution < -0.4 is 5.32 Å². The minimum absolute atomic E-state index is 0.158. The fourth-order valence-electron chi connectivity index (χ4n) is 2.51. The number of pyridine rings is 2. The number of fused-ring (bicyclic) bond motifs is 1. The van der Waals surface area contributed by atoms with Gasteiger partial charge in [0.15, 0.2) is 0 Å². The van der Waals surface area contributed by atoms with Crippen molar-refractivity contribution in [1.29, 1.82) is 0 Å². The standard InChI is InChI=1S/C21H22N4O2S/c1-14(26)24-20-12-16(9-10-22-20)15-6-8-19-17(11-15)5-7-18(25-19)13-23-28(27)21(2,3)4/h5-13H,1-4H3,(H,22,24,26)/b23-13+. The highest BCUT2D eigenvalue weighted by atomic mass is 32.2. The highest BCUT2D eigenvalue weighted by Crippen LogP contribution is 2.25. The van der Waals surface area contributed by atoms with Gasteiger partial charge in [0.25, 0.3) is 0 Å². The van der Waals surface area contributed by atoms with E-state index in [-0.39, 0.29) is 5.91 Å².